The molecule has 42 heavy (non-hydrogen) atoms. The van der Waals surface area contributed by atoms with Crippen molar-refractivity contribution in [2.75, 3.05) is 56.2 Å². The van der Waals surface area contributed by atoms with Gasteiger partial charge in [0.25, 0.3) is 0 Å². The summed E-state index contributed by atoms with van der Waals surface area (Å²) in [5.74, 6) is 2.00. The molecule has 4 atom stereocenters. The van der Waals surface area contributed by atoms with E-state index >= 15 is 0 Å². The molecule has 0 spiro atoms. The fourth-order valence-electron chi connectivity index (χ4n) is 5.34. The fourth-order valence-corrected chi connectivity index (χ4v) is 6.14. The van der Waals surface area contributed by atoms with Crippen molar-refractivity contribution >= 4 is 39.2 Å². The Morgan fingerprint density at radius 2 is 1.88 bits per heavy atom. The number of hydrogen-bond donors (Lipinski definition) is 1. The smallest absolute Gasteiger partial charge is 0.249 e. The highest BCUT2D eigenvalue weighted by atomic mass is 35.5. The molecule has 1 saturated carbocycles. The highest BCUT2D eigenvalue weighted by molar-refractivity contribution is 7.92. The average Bonchev–Trinajstić information content (AvgIpc) is 3.44. The van der Waals surface area contributed by atoms with Crippen LogP contribution in [0.5, 0.6) is 0 Å². The standard InChI is InChI=1S/C29H38ClN7O4S/c1-18-14-20(18)16-37(17-24(38)35(2)3)23-15-22(25(30)27(32-23)36(4)42(5,39)40)28-33-34-29(41-28)26-21(12-9-13-31-26)19-10-7-6-8-11-19/h6-8,10-11,15,18,20-21,26,31H,9,12-14,16-17H2,1-5H3/t18-,20+,21?,26?/m0/s1. The van der Waals surface area contributed by atoms with E-state index in [1.165, 1.54) is 17.5 Å². The minimum absolute atomic E-state index is 0.0236. The van der Waals surface area contributed by atoms with Gasteiger partial charge in [0, 0.05) is 33.6 Å². The third kappa shape index (κ3) is 6.55. The highest BCUT2D eigenvalue weighted by Gasteiger charge is 2.36. The summed E-state index contributed by atoms with van der Waals surface area (Å²) in [5, 5.41) is 12.4. The van der Waals surface area contributed by atoms with Gasteiger partial charge in [-0.05, 0) is 49.3 Å². The number of carbonyl (C=O) groups excluding carboxylic acids is 1. The van der Waals surface area contributed by atoms with Crippen molar-refractivity contribution in [1.82, 2.24) is 25.4 Å². The van der Waals surface area contributed by atoms with Crippen LogP contribution in [0, 0.1) is 11.8 Å². The minimum atomic E-state index is -3.71. The number of halogens is 1. The summed E-state index contributed by atoms with van der Waals surface area (Å²) < 4.78 is 32.5. The second-order valence-corrected chi connectivity index (χ2v) is 14.0. The maximum Gasteiger partial charge on any atom is 0.249 e. The number of aromatic nitrogens is 3. The molecule has 1 aromatic carbocycles. The second kappa shape index (κ2) is 12.2. The number of hydrogen-bond acceptors (Lipinski definition) is 9. The van der Waals surface area contributed by atoms with Crippen molar-refractivity contribution < 1.29 is 17.6 Å². The zero-order chi connectivity index (χ0) is 30.2. The zero-order valence-electron chi connectivity index (χ0n) is 24.6. The first-order valence-electron chi connectivity index (χ1n) is 14.2. The van der Waals surface area contributed by atoms with E-state index in [4.69, 9.17) is 16.0 Å². The number of pyridine rings is 1. The van der Waals surface area contributed by atoms with Crippen LogP contribution in [-0.2, 0) is 14.8 Å². The molecule has 2 fully saturated rings. The molecule has 13 heteroatoms. The van der Waals surface area contributed by atoms with Gasteiger partial charge in [-0.3, -0.25) is 9.10 Å². The maximum atomic E-state index is 12.8. The predicted octanol–water partition coefficient (Wildman–Crippen LogP) is 3.94. The van der Waals surface area contributed by atoms with Crippen LogP contribution in [0.1, 0.15) is 49.6 Å². The Labute approximate surface area is 252 Å². The Morgan fingerprint density at radius 3 is 2.52 bits per heavy atom. The van der Waals surface area contributed by atoms with Gasteiger partial charge in [-0.25, -0.2) is 13.4 Å². The molecule has 2 aliphatic rings. The molecular weight excluding hydrogens is 578 g/mol. The number of anilines is 2. The van der Waals surface area contributed by atoms with Crippen molar-refractivity contribution in [1.29, 1.82) is 0 Å². The molecule has 11 nitrogen and oxygen atoms in total. The Morgan fingerprint density at radius 1 is 1.17 bits per heavy atom. The fraction of sp³-hybridized carbons (Fsp3) is 0.517. The van der Waals surface area contributed by atoms with Crippen LogP contribution < -0.4 is 14.5 Å². The van der Waals surface area contributed by atoms with Crippen molar-refractivity contribution in [3.05, 3.63) is 52.9 Å². The van der Waals surface area contributed by atoms with Gasteiger partial charge >= 0.3 is 0 Å². The summed E-state index contributed by atoms with van der Waals surface area (Å²) in [5.41, 5.74) is 1.54. The Balaban J connectivity index is 1.57. The van der Waals surface area contributed by atoms with E-state index in [9.17, 15) is 13.2 Å². The molecule has 3 aromatic rings. The van der Waals surface area contributed by atoms with Crippen LogP contribution in [0.4, 0.5) is 11.6 Å². The summed E-state index contributed by atoms with van der Waals surface area (Å²) in [6.45, 7) is 3.66. The maximum absolute atomic E-state index is 12.8. The lowest BCUT2D eigenvalue weighted by Crippen LogP contribution is -2.38. The number of amides is 1. The van der Waals surface area contributed by atoms with E-state index in [0.717, 1.165) is 36.4 Å². The Kier molecular flexibility index (Phi) is 8.77. The molecule has 0 bridgehead atoms. The average molecular weight is 616 g/mol. The van der Waals surface area contributed by atoms with Crippen molar-refractivity contribution in [2.45, 2.75) is 38.1 Å². The van der Waals surface area contributed by atoms with Crippen LogP contribution in [0.2, 0.25) is 5.02 Å². The third-order valence-corrected chi connectivity index (χ3v) is 9.77. The summed E-state index contributed by atoms with van der Waals surface area (Å²) in [6, 6.07) is 11.8. The molecule has 5 rings (SSSR count). The summed E-state index contributed by atoms with van der Waals surface area (Å²) >= 11 is 6.83. The van der Waals surface area contributed by atoms with Gasteiger partial charge in [-0.2, -0.15) is 0 Å². The topological polar surface area (TPSA) is 125 Å². The lowest BCUT2D eigenvalue weighted by molar-refractivity contribution is -0.127. The summed E-state index contributed by atoms with van der Waals surface area (Å²) in [4.78, 5) is 20.9. The van der Waals surface area contributed by atoms with Gasteiger partial charge in [-0.1, -0.05) is 48.9 Å². The number of benzene rings is 1. The van der Waals surface area contributed by atoms with Crippen LogP contribution in [0.15, 0.2) is 40.8 Å². The normalized spacial score (nSPS) is 22.0. The van der Waals surface area contributed by atoms with E-state index in [0.29, 0.717) is 35.7 Å². The number of piperidine rings is 1. The predicted molar refractivity (Wildman–Crippen MR) is 163 cm³/mol. The lowest BCUT2D eigenvalue weighted by atomic mass is 9.85. The Hall–Kier alpha value is -3.22. The first-order valence-corrected chi connectivity index (χ1v) is 16.4. The molecule has 2 aromatic heterocycles. The highest BCUT2D eigenvalue weighted by Crippen LogP contribution is 2.42. The SMILES string of the molecule is C[C@H]1C[C@@H]1CN(CC(=O)N(C)C)c1cc(-c2nnc(C3NCCCC3c3ccccc3)o2)c(Cl)c(N(C)S(C)(=O)=O)n1. The van der Waals surface area contributed by atoms with Crippen molar-refractivity contribution in [3.8, 4) is 11.5 Å². The van der Waals surface area contributed by atoms with E-state index in [1.54, 1.807) is 20.2 Å². The van der Waals surface area contributed by atoms with Gasteiger partial charge < -0.3 is 19.5 Å². The summed E-state index contributed by atoms with van der Waals surface area (Å²) in [6.07, 6.45) is 4.13. The van der Waals surface area contributed by atoms with Gasteiger partial charge in [0.15, 0.2) is 5.82 Å². The second-order valence-electron chi connectivity index (χ2n) is 11.6. The largest absolute Gasteiger partial charge is 0.419 e. The molecule has 1 N–H and O–H groups in total. The van der Waals surface area contributed by atoms with Gasteiger partial charge in [0.1, 0.15) is 5.82 Å². The van der Waals surface area contributed by atoms with Crippen LogP contribution in [0.3, 0.4) is 0 Å². The number of nitrogens with one attached hydrogen (secondary N) is 1. The quantitative estimate of drug-likeness (QED) is 0.361. The number of nitrogens with zero attached hydrogens (tertiary/aromatic N) is 6. The monoisotopic (exact) mass is 615 g/mol. The zero-order valence-corrected chi connectivity index (χ0v) is 26.2. The molecule has 0 radical (unpaired) electrons. The van der Waals surface area contributed by atoms with Crippen LogP contribution in [0.25, 0.3) is 11.5 Å². The van der Waals surface area contributed by atoms with Gasteiger partial charge in [0.05, 0.1) is 29.4 Å². The first kappa shape index (κ1) is 30.2. The van der Waals surface area contributed by atoms with Crippen LogP contribution >= 0.6 is 11.6 Å². The number of sulfonamides is 1. The molecule has 3 heterocycles. The molecule has 1 aliphatic heterocycles. The van der Waals surface area contributed by atoms with Crippen molar-refractivity contribution in [3.63, 3.8) is 0 Å². The molecule has 1 saturated heterocycles. The van der Waals surface area contributed by atoms with Crippen LogP contribution in [-0.4, -0.2) is 81.4 Å². The first-order chi connectivity index (χ1) is 19.9. The number of rotatable bonds is 10. The summed E-state index contributed by atoms with van der Waals surface area (Å²) in [7, 11) is 1.08. The number of carbonyl (C=O) groups is 1. The van der Waals surface area contributed by atoms with E-state index in [2.05, 4.69) is 39.6 Å². The number of likely N-dealkylation sites (N-methyl/N-ethyl adjacent to an activating group) is 1. The molecule has 2 unspecified atom stereocenters. The Bertz CT molecular complexity index is 1530. The van der Waals surface area contributed by atoms with E-state index < -0.39 is 10.0 Å². The van der Waals surface area contributed by atoms with Gasteiger partial charge in [-0.15, -0.1) is 10.2 Å². The van der Waals surface area contributed by atoms with E-state index in [1.807, 2.05) is 23.1 Å². The third-order valence-electron chi connectivity index (χ3n) is 8.23. The lowest BCUT2D eigenvalue weighted by Gasteiger charge is -2.30. The molecule has 1 aliphatic carbocycles. The van der Waals surface area contributed by atoms with Crippen molar-refractivity contribution in [2.24, 2.45) is 11.8 Å². The van der Waals surface area contributed by atoms with E-state index in [-0.39, 0.29) is 41.1 Å². The molecular formula is C29H38ClN7O4S. The minimum Gasteiger partial charge on any atom is -0.419 e. The molecule has 226 valence electrons. The van der Waals surface area contributed by atoms with Gasteiger partial charge in [0.2, 0.25) is 27.7 Å². The molecule has 1 amide bonds.